The van der Waals surface area contributed by atoms with Gasteiger partial charge in [-0.05, 0) is 36.2 Å². The quantitative estimate of drug-likeness (QED) is 0.791. The lowest BCUT2D eigenvalue weighted by molar-refractivity contribution is -0.117. The predicted octanol–water partition coefficient (Wildman–Crippen LogP) is 2.06. The average Bonchev–Trinajstić information content (AvgIpc) is 2.54. The Morgan fingerprint density at radius 3 is 2.75 bits per heavy atom. The van der Waals surface area contributed by atoms with Crippen molar-refractivity contribution in [3.63, 3.8) is 0 Å². The van der Waals surface area contributed by atoms with Crippen molar-refractivity contribution in [2.45, 2.75) is 24.4 Å². The number of hydrogen-bond acceptors (Lipinski definition) is 4. The molecule has 0 bridgehead atoms. The van der Waals surface area contributed by atoms with Crippen molar-refractivity contribution in [1.29, 1.82) is 0 Å². The van der Waals surface area contributed by atoms with Crippen molar-refractivity contribution in [3.8, 4) is 0 Å². The van der Waals surface area contributed by atoms with Gasteiger partial charge in [0, 0.05) is 5.69 Å². The van der Waals surface area contributed by atoms with Crippen molar-refractivity contribution in [2.24, 2.45) is 0 Å². The lowest BCUT2D eigenvalue weighted by Gasteiger charge is -2.27. The zero-order valence-corrected chi connectivity index (χ0v) is 13.7. The van der Waals surface area contributed by atoms with E-state index in [1.54, 1.807) is 12.1 Å². The number of rotatable bonds is 3. The Labute approximate surface area is 139 Å². The summed E-state index contributed by atoms with van der Waals surface area (Å²) in [6.45, 7) is 1.95. The first-order valence-electron chi connectivity index (χ1n) is 7.38. The molecule has 1 amide bonds. The summed E-state index contributed by atoms with van der Waals surface area (Å²) in [6, 6.07) is 10.5. The Morgan fingerprint density at radius 1 is 1.25 bits per heavy atom. The van der Waals surface area contributed by atoms with Gasteiger partial charge in [-0.15, -0.1) is 0 Å². The molecule has 0 fully saturated rings. The third-order valence-electron chi connectivity index (χ3n) is 3.72. The number of hydrogen-bond donors (Lipinski definition) is 3. The molecule has 1 atom stereocenters. The van der Waals surface area contributed by atoms with Gasteiger partial charge in [0.25, 0.3) is 5.91 Å². The molecule has 24 heavy (non-hydrogen) atoms. The van der Waals surface area contributed by atoms with Crippen LogP contribution in [0.25, 0.3) is 0 Å². The van der Waals surface area contributed by atoms with Crippen LogP contribution >= 0.6 is 0 Å². The van der Waals surface area contributed by atoms with E-state index < -0.39 is 27.9 Å². The van der Waals surface area contributed by atoms with Crippen molar-refractivity contribution in [1.82, 2.24) is 4.72 Å². The second-order valence-electron chi connectivity index (χ2n) is 5.34. The molecule has 126 valence electrons. The standard InChI is InChI=1S/C16H16FN3O3S/c1-2-10-5-3-4-6-12(10)19-16(21)15-18-13-9-11(17)7-8-14(13)24(22,23)20-15/h3-9,15,18,20H,2H2,1H3,(H,19,21)/t15-/m0/s1. The van der Waals surface area contributed by atoms with Crippen LogP contribution in [0.3, 0.4) is 0 Å². The zero-order chi connectivity index (χ0) is 17.3. The van der Waals surface area contributed by atoms with Gasteiger partial charge in [0.1, 0.15) is 10.7 Å². The molecule has 0 unspecified atom stereocenters. The third kappa shape index (κ3) is 3.10. The molecule has 0 spiro atoms. The number of aryl methyl sites for hydroxylation is 1. The van der Waals surface area contributed by atoms with E-state index in [0.717, 1.165) is 23.8 Å². The Morgan fingerprint density at radius 2 is 2.00 bits per heavy atom. The average molecular weight is 349 g/mol. The predicted molar refractivity (Wildman–Crippen MR) is 88.6 cm³/mol. The number of halogens is 1. The van der Waals surface area contributed by atoms with Gasteiger partial charge in [-0.2, -0.15) is 4.72 Å². The van der Waals surface area contributed by atoms with Gasteiger partial charge in [-0.25, -0.2) is 12.8 Å². The van der Waals surface area contributed by atoms with Crippen LogP contribution in [0.1, 0.15) is 12.5 Å². The number of anilines is 2. The molecule has 0 saturated heterocycles. The largest absolute Gasteiger partial charge is 0.360 e. The summed E-state index contributed by atoms with van der Waals surface area (Å²) in [4.78, 5) is 12.3. The van der Waals surface area contributed by atoms with Crippen LogP contribution < -0.4 is 15.4 Å². The zero-order valence-electron chi connectivity index (χ0n) is 12.8. The lowest BCUT2D eigenvalue weighted by atomic mass is 10.1. The van der Waals surface area contributed by atoms with Gasteiger partial charge < -0.3 is 10.6 Å². The Hall–Kier alpha value is -2.45. The normalized spacial score (nSPS) is 18.3. The summed E-state index contributed by atoms with van der Waals surface area (Å²) in [5, 5.41) is 5.40. The van der Waals surface area contributed by atoms with Crippen molar-refractivity contribution < 1.29 is 17.6 Å². The summed E-state index contributed by atoms with van der Waals surface area (Å²) in [5.41, 5.74) is 1.59. The molecular formula is C16H16FN3O3S. The highest BCUT2D eigenvalue weighted by Crippen LogP contribution is 2.27. The highest BCUT2D eigenvalue weighted by molar-refractivity contribution is 7.89. The van der Waals surface area contributed by atoms with Gasteiger partial charge >= 0.3 is 0 Å². The van der Waals surface area contributed by atoms with E-state index in [-0.39, 0.29) is 10.6 Å². The molecule has 0 radical (unpaired) electrons. The van der Waals surface area contributed by atoms with E-state index in [0.29, 0.717) is 12.1 Å². The molecule has 6 nitrogen and oxygen atoms in total. The first-order chi connectivity index (χ1) is 11.4. The highest BCUT2D eigenvalue weighted by Gasteiger charge is 2.33. The Bertz CT molecular complexity index is 899. The van der Waals surface area contributed by atoms with E-state index >= 15 is 0 Å². The van der Waals surface area contributed by atoms with Gasteiger partial charge in [-0.3, -0.25) is 4.79 Å². The minimum Gasteiger partial charge on any atom is -0.360 e. The SMILES string of the molecule is CCc1ccccc1NC(=O)[C@H]1Nc2cc(F)ccc2S(=O)(=O)N1. The molecule has 0 aliphatic carbocycles. The van der Waals surface area contributed by atoms with E-state index in [1.807, 2.05) is 19.1 Å². The number of amides is 1. The molecule has 2 aromatic rings. The summed E-state index contributed by atoms with van der Waals surface area (Å²) in [6.07, 6.45) is -0.511. The minimum atomic E-state index is -3.90. The van der Waals surface area contributed by atoms with Crippen LogP contribution in [0, 0.1) is 5.82 Å². The Kier molecular flexibility index (Phi) is 4.25. The number of carbonyl (C=O) groups is 1. The van der Waals surface area contributed by atoms with E-state index in [2.05, 4.69) is 15.4 Å². The van der Waals surface area contributed by atoms with Gasteiger partial charge in [0.15, 0.2) is 6.17 Å². The van der Waals surface area contributed by atoms with Crippen LogP contribution in [-0.2, 0) is 21.2 Å². The first-order valence-corrected chi connectivity index (χ1v) is 8.86. The molecule has 1 heterocycles. The second kappa shape index (κ2) is 6.21. The molecule has 2 aromatic carbocycles. The molecule has 1 aliphatic rings. The van der Waals surface area contributed by atoms with Crippen molar-refractivity contribution in [3.05, 3.63) is 53.8 Å². The maximum absolute atomic E-state index is 13.4. The molecule has 1 aliphatic heterocycles. The molecule has 0 saturated carbocycles. The fourth-order valence-electron chi connectivity index (χ4n) is 2.53. The summed E-state index contributed by atoms with van der Waals surface area (Å²) in [7, 11) is -3.90. The third-order valence-corrected chi connectivity index (χ3v) is 5.20. The van der Waals surface area contributed by atoms with Crippen molar-refractivity contribution >= 4 is 27.3 Å². The second-order valence-corrected chi connectivity index (χ2v) is 7.02. The number of carbonyl (C=O) groups excluding carboxylic acids is 1. The maximum Gasteiger partial charge on any atom is 0.262 e. The van der Waals surface area contributed by atoms with E-state index in [4.69, 9.17) is 0 Å². The fourth-order valence-corrected chi connectivity index (χ4v) is 3.79. The topological polar surface area (TPSA) is 87.3 Å². The minimum absolute atomic E-state index is 0.0534. The monoisotopic (exact) mass is 349 g/mol. The van der Waals surface area contributed by atoms with Crippen LogP contribution in [-0.4, -0.2) is 20.5 Å². The first kappa shape index (κ1) is 16.4. The van der Waals surface area contributed by atoms with Crippen LogP contribution in [0.2, 0.25) is 0 Å². The summed E-state index contributed by atoms with van der Waals surface area (Å²) in [5.74, 6) is -1.16. The fraction of sp³-hybridized carbons (Fsp3) is 0.188. The van der Waals surface area contributed by atoms with Crippen molar-refractivity contribution in [2.75, 3.05) is 10.6 Å². The van der Waals surface area contributed by atoms with Crippen LogP contribution in [0.4, 0.5) is 15.8 Å². The summed E-state index contributed by atoms with van der Waals surface area (Å²) >= 11 is 0. The van der Waals surface area contributed by atoms with Gasteiger partial charge in [0.2, 0.25) is 10.0 Å². The van der Waals surface area contributed by atoms with E-state index in [1.165, 1.54) is 0 Å². The number of sulfonamides is 1. The molecule has 0 aromatic heterocycles. The number of para-hydroxylation sites is 1. The number of fused-ring (bicyclic) bond motifs is 1. The smallest absolute Gasteiger partial charge is 0.262 e. The molecule has 8 heteroatoms. The van der Waals surface area contributed by atoms with Crippen LogP contribution in [0.15, 0.2) is 47.4 Å². The highest BCUT2D eigenvalue weighted by atomic mass is 32.2. The van der Waals surface area contributed by atoms with E-state index in [9.17, 15) is 17.6 Å². The maximum atomic E-state index is 13.4. The summed E-state index contributed by atoms with van der Waals surface area (Å²) < 4.78 is 40.1. The molecular weight excluding hydrogens is 333 g/mol. The van der Waals surface area contributed by atoms with Crippen LogP contribution in [0.5, 0.6) is 0 Å². The number of nitrogens with one attached hydrogen (secondary N) is 3. The molecule has 3 N–H and O–H groups in total. The Balaban J connectivity index is 1.87. The lowest BCUT2D eigenvalue weighted by Crippen LogP contribution is -2.51. The molecule has 3 rings (SSSR count). The van der Waals surface area contributed by atoms with Gasteiger partial charge in [-0.1, -0.05) is 25.1 Å². The van der Waals surface area contributed by atoms with Gasteiger partial charge in [0.05, 0.1) is 5.69 Å². The number of benzene rings is 2.